The van der Waals surface area contributed by atoms with Crippen molar-refractivity contribution in [1.29, 1.82) is 0 Å². The summed E-state index contributed by atoms with van der Waals surface area (Å²) >= 11 is 0. The number of nitrogens with zero attached hydrogens (tertiary/aromatic N) is 2. The molecule has 2 aromatic carbocycles. The maximum absolute atomic E-state index is 11.9. The Labute approximate surface area is 176 Å². The molecule has 0 fully saturated rings. The Hall–Kier alpha value is -3.01. The first kappa shape index (κ1) is 21.3. The Morgan fingerprint density at radius 1 is 0.821 bits per heavy atom. The van der Waals surface area contributed by atoms with Crippen molar-refractivity contribution in [1.82, 2.24) is 0 Å². The van der Waals surface area contributed by atoms with E-state index < -0.39 is 0 Å². The van der Waals surface area contributed by atoms with E-state index in [1.165, 1.54) is 0 Å². The van der Waals surface area contributed by atoms with Gasteiger partial charge in [0.05, 0.1) is 11.4 Å². The van der Waals surface area contributed by atoms with Crippen LogP contribution in [-0.2, 0) is 17.1 Å². The summed E-state index contributed by atoms with van der Waals surface area (Å²) < 4.78 is 0. The van der Waals surface area contributed by atoms with Crippen LogP contribution < -0.4 is 10.4 Å². The summed E-state index contributed by atoms with van der Waals surface area (Å²) in [5, 5.41) is 23.1. The molecule has 2 aliphatic carbocycles. The maximum atomic E-state index is 11.9. The molecule has 4 nitrogen and oxygen atoms in total. The van der Waals surface area contributed by atoms with E-state index in [4.69, 9.17) is 0 Å². The third kappa shape index (κ3) is 6.95. The molecule has 2 aromatic rings. The van der Waals surface area contributed by atoms with Gasteiger partial charge in [-0.25, -0.2) is 18.6 Å². The molecule has 0 amide bonds. The molecule has 0 aliphatic heterocycles. The number of hydrogen-bond acceptors (Lipinski definition) is 4. The molecule has 0 saturated heterocycles. The summed E-state index contributed by atoms with van der Waals surface area (Å²) in [4.78, 5) is 0. The topological polar surface area (TPSA) is 59.8 Å². The first-order chi connectivity index (χ1) is 13.3. The molecule has 1 N–H and O–H groups in total. The summed E-state index contributed by atoms with van der Waals surface area (Å²) in [5.74, 6) is -0.122. The van der Waals surface area contributed by atoms with Crippen LogP contribution in [0.25, 0.3) is 0 Å². The molecule has 0 aromatic heterocycles. The number of anilines is 1. The first-order valence-corrected chi connectivity index (χ1v) is 8.58. The molecule has 5 heteroatoms. The van der Waals surface area contributed by atoms with Gasteiger partial charge in [-0.2, -0.15) is 10.2 Å². The zero-order chi connectivity index (χ0) is 18.7. The molecule has 0 heterocycles. The van der Waals surface area contributed by atoms with Crippen LogP contribution in [-0.4, -0.2) is 0 Å². The maximum Gasteiger partial charge on any atom is 2.00 e. The molecule has 4 rings (SSSR count). The third-order valence-electron chi connectivity index (χ3n) is 3.64. The van der Waals surface area contributed by atoms with Gasteiger partial charge in [-0.1, -0.05) is 42.5 Å². The van der Waals surface area contributed by atoms with Gasteiger partial charge in [0.1, 0.15) is 0 Å². The second kappa shape index (κ2) is 11.7. The quantitative estimate of drug-likeness (QED) is 0.319. The van der Waals surface area contributed by atoms with Crippen LogP contribution in [0.15, 0.2) is 113 Å². The Balaban J connectivity index is 0.000000408. The molecule has 0 unspecified atom stereocenters. The van der Waals surface area contributed by atoms with Crippen LogP contribution >= 0.6 is 0 Å². The van der Waals surface area contributed by atoms with Gasteiger partial charge in [0, 0.05) is 5.69 Å². The van der Waals surface area contributed by atoms with Crippen molar-refractivity contribution < 1.29 is 22.2 Å². The van der Waals surface area contributed by atoms with Crippen LogP contribution in [0.1, 0.15) is 0 Å². The molecule has 0 atom stereocenters. The van der Waals surface area contributed by atoms with Crippen molar-refractivity contribution >= 4 is 17.1 Å². The zero-order valence-electron chi connectivity index (χ0n) is 15.0. The summed E-state index contributed by atoms with van der Waals surface area (Å²) in [6.45, 7) is 0. The molecule has 0 saturated carbocycles. The normalized spacial score (nSPS) is 13.6. The predicted molar refractivity (Wildman–Crippen MR) is 108 cm³/mol. The Morgan fingerprint density at radius 2 is 1.46 bits per heavy atom. The molecule has 2 radical (unpaired) electrons. The fourth-order valence-corrected chi connectivity index (χ4v) is 2.27. The second-order valence-electron chi connectivity index (χ2n) is 5.67. The molecular formula is C23H19FeN3O. The van der Waals surface area contributed by atoms with E-state index >= 15 is 0 Å². The van der Waals surface area contributed by atoms with Crippen LogP contribution in [0, 0.1) is 19.3 Å². The molecule has 0 spiro atoms. The van der Waals surface area contributed by atoms with Crippen molar-refractivity contribution in [2.45, 2.75) is 0 Å². The number of benzene rings is 2. The van der Waals surface area contributed by atoms with E-state index in [9.17, 15) is 5.11 Å². The van der Waals surface area contributed by atoms with E-state index in [0.717, 1.165) is 17.1 Å². The van der Waals surface area contributed by atoms with Crippen molar-refractivity contribution in [2.24, 2.45) is 10.2 Å². The Bertz CT molecular complexity index is 862. The number of hydrogen-bond donors (Lipinski definition) is 1. The van der Waals surface area contributed by atoms with Crippen molar-refractivity contribution in [2.75, 3.05) is 5.32 Å². The second-order valence-corrected chi connectivity index (χ2v) is 5.67. The van der Waals surface area contributed by atoms with Gasteiger partial charge in [-0.3, -0.25) is 0 Å². The van der Waals surface area contributed by atoms with Gasteiger partial charge in [-0.05, 0) is 47.9 Å². The van der Waals surface area contributed by atoms with Gasteiger partial charge in [0.15, 0.2) is 0 Å². The number of rotatable bonds is 4. The van der Waals surface area contributed by atoms with Gasteiger partial charge >= 0.3 is 17.1 Å². The molecular weight excluding hydrogens is 390 g/mol. The van der Waals surface area contributed by atoms with Crippen LogP contribution in [0.5, 0.6) is 0 Å². The Morgan fingerprint density at radius 3 is 2.00 bits per heavy atom. The fourth-order valence-electron chi connectivity index (χ4n) is 2.27. The van der Waals surface area contributed by atoms with Crippen LogP contribution in [0.4, 0.5) is 17.1 Å². The Kier molecular flexibility index (Phi) is 8.86. The van der Waals surface area contributed by atoms with E-state index in [2.05, 4.69) is 15.5 Å². The van der Waals surface area contributed by atoms with Crippen molar-refractivity contribution in [3.05, 3.63) is 122 Å². The van der Waals surface area contributed by atoms with E-state index in [1.54, 1.807) is 24.3 Å². The average Bonchev–Trinajstić information content (AvgIpc) is 3.44. The zero-order valence-corrected chi connectivity index (χ0v) is 16.2. The number of azo groups is 1. The third-order valence-corrected chi connectivity index (χ3v) is 3.64. The van der Waals surface area contributed by atoms with E-state index in [-0.39, 0.29) is 23.0 Å². The van der Waals surface area contributed by atoms with Crippen molar-refractivity contribution in [3.8, 4) is 0 Å². The monoisotopic (exact) mass is 409 g/mol. The molecule has 2 aliphatic rings. The van der Waals surface area contributed by atoms with Crippen molar-refractivity contribution in [3.63, 3.8) is 0 Å². The predicted octanol–water partition coefficient (Wildman–Crippen LogP) is 5.38. The summed E-state index contributed by atoms with van der Waals surface area (Å²) in [6.07, 6.45) is 17.2. The number of nitrogens with one attached hydrogen (secondary N) is 1. The number of allylic oxidation sites excluding steroid dienone is 7. The minimum absolute atomic E-state index is 0. The smallest absolute Gasteiger partial charge is 0.860 e. The summed E-state index contributed by atoms with van der Waals surface area (Å²) in [5.41, 5.74) is 2.91. The standard InChI is InChI=1S/C18H15N3O.C5H5.Fe/c22-18(14-6-4-5-7-14)19-15-10-12-17(13-11-15)21-20-16-8-2-1-3-9-16;1-2-4-5-3-1;/h1-13,19,22H;1-5H;/q;-1;+2/p-1. The van der Waals surface area contributed by atoms with Gasteiger partial charge in [-0.15, -0.1) is 12.8 Å². The molecule has 28 heavy (non-hydrogen) atoms. The summed E-state index contributed by atoms with van der Waals surface area (Å²) in [7, 11) is 0. The van der Waals surface area contributed by atoms with Gasteiger partial charge < -0.3 is 10.4 Å². The van der Waals surface area contributed by atoms with Gasteiger partial charge in [0.25, 0.3) is 0 Å². The SMILES string of the molecule is [CH]1[CH][CH-]C=C1.[Fe+2].[O-]C(Nc1ccc(N=Nc2ccccc2)cc1)=C1C=CC=C1. The minimum atomic E-state index is -0.122. The summed E-state index contributed by atoms with van der Waals surface area (Å²) in [6, 6.07) is 16.8. The molecule has 140 valence electrons. The minimum Gasteiger partial charge on any atom is -0.860 e. The van der Waals surface area contributed by atoms with Crippen LogP contribution in [0.2, 0.25) is 0 Å². The average molecular weight is 409 g/mol. The molecule has 0 bridgehead atoms. The van der Waals surface area contributed by atoms with Crippen LogP contribution in [0.3, 0.4) is 0 Å². The fraction of sp³-hybridized carbons (Fsp3) is 0. The first-order valence-electron chi connectivity index (χ1n) is 8.58. The van der Waals surface area contributed by atoms with E-state index in [1.807, 2.05) is 86.0 Å². The van der Waals surface area contributed by atoms with E-state index in [0.29, 0.717) is 5.57 Å². The van der Waals surface area contributed by atoms with Gasteiger partial charge in [0.2, 0.25) is 0 Å². The largest absolute Gasteiger partial charge is 2.00 e.